The van der Waals surface area contributed by atoms with Crippen molar-refractivity contribution in [3.8, 4) is 0 Å². The number of benzene rings is 1. The molecule has 4 N–H and O–H groups in total. The first-order valence-electron chi connectivity index (χ1n) is 11.0. The van der Waals surface area contributed by atoms with Gasteiger partial charge in [-0.1, -0.05) is 0 Å². The van der Waals surface area contributed by atoms with Crippen LogP contribution in [0.1, 0.15) is 29.8 Å². The van der Waals surface area contributed by atoms with Gasteiger partial charge in [-0.3, -0.25) is 24.4 Å². The second-order valence-electron chi connectivity index (χ2n) is 8.33. The molecule has 1 aromatic heterocycles. The van der Waals surface area contributed by atoms with E-state index < -0.39 is 11.6 Å². The van der Waals surface area contributed by atoms with E-state index in [-0.39, 0.29) is 37.9 Å². The van der Waals surface area contributed by atoms with Crippen molar-refractivity contribution in [1.29, 1.82) is 0 Å². The predicted molar refractivity (Wildman–Crippen MR) is 120 cm³/mol. The van der Waals surface area contributed by atoms with Gasteiger partial charge in [0.05, 0.1) is 24.8 Å². The van der Waals surface area contributed by atoms with E-state index in [4.69, 9.17) is 24.5 Å². The number of ether oxygens (including phenoxy) is 1. The van der Waals surface area contributed by atoms with Crippen LogP contribution in [0.25, 0.3) is 0 Å². The van der Waals surface area contributed by atoms with Gasteiger partial charge in [0.1, 0.15) is 11.6 Å². The lowest BCUT2D eigenvalue weighted by atomic mass is 9.83. The van der Waals surface area contributed by atoms with Crippen molar-refractivity contribution in [2.24, 2.45) is 11.8 Å². The number of carboxylic acid groups (broad SMARTS) is 2. The number of rotatable bonds is 6. The minimum atomic E-state index is -0.645. The van der Waals surface area contributed by atoms with E-state index in [1.807, 2.05) is 6.92 Å². The average Bonchev–Trinajstić information content (AvgIpc) is 3.38. The number of H-pyrrole nitrogens is 1. The Morgan fingerprint density at radius 1 is 1.23 bits per heavy atom. The molecule has 35 heavy (non-hydrogen) atoms. The summed E-state index contributed by atoms with van der Waals surface area (Å²) in [4.78, 5) is 31.4. The summed E-state index contributed by atoms with van der Waals surface area (Å²) in [6.45, 7) is 4.98. The highest BCUT2D eigenvalue weighted by atomic mass is 19.1. The fourth-order valence-corrected chi connectivity index (χ4v) is 4.47. The number of piperidine rings is 1. The van der Waals surface area contributed by atoms with Gasteiger partial charge in [-0.25, -0.2) is 8.78 Å². The summed E-state index contributed by atoms with van der Waals surface area (Å²) in [5, 5.41) is 23.8. The lowest BCUT2D eigenvalue weighted by molar-refractivity contribution is -0.124. The number of fused-ring (bicyclic) bond motifs is 1. The molecule has 192 valence electrons. The molecule has 1 aromatic carbocycles. The molecule has 2 aliphatic heterocycles. The number of hydrogen-bond donors (Lipinski definition) is 4. The van der Waals surface area contributed by atoms with E-state index in [9.17, 15) is 13.6 Å². The molecule has 12 heteroatoms. The van der Waals surface area contributed by atoms with Crippen molar-refractivity contribution in [2.75, 3.05) is 19.7 Å². The minimum absolute atomic E-state index is 0.0981. The molecule has 0 saturated carbocycles. The van der Waals surface area contributed by atoms with Crippen LogP contribution in [0.5, 0.6) is 0 Å². The highest BCUT2D eigenvalue weighted by Crippen LogP contribution is 2.36. The Hall–Kier alpha value is -3.38. The van der Waals surface area contributed by atoms with Crippen LogP contribution in [0, 0.1) is 30.4 Å². The van der Waals surface area contributed by atoms with Gasteiger partial charge in [-0.05, 0) is 49.6 Å². The van der Waals surface area contributed by atoms with Crippen LogP contribution in [0.4, 0.5) is 8.78 Å². The summed E-state index contributed by atoms with van der Waals surface area (Å²) in [5.74, 6) is -0.667. The maximum atomic E-state index is 13.3. The predicted octanol–water partition coefficient (Wildman–Crippen LogP) is 1.94. The van der Waals surface area contributed by atoms with Crippen LogP contribution in [0.15, 0.2) is 24.3 Å². The van der Waals surface area contributed by atoms with Gasteiger partial charge >= 0.3 is 0 Å². The molecule has 0 unspecified atom stereocenters. The van der Waals surface area contributed by atoms with Crippen LogP contribution in [0.2, 0.25) is 0 Å². The van der Waals surface area contributed by atoms with E-state index in [0.29, 0.717) is 24.0 Å². The van der Waals surface area contributed by atoms with Crippen LogP contribution >= 0.6 is 0 Å². The highest BCUT2D eigenvalue weighted by Gasteiger charge is 2.41. The quantitative estimate of drug-likeness (QED) is 0.444. The van der Waals surface area contributed by atoms with Crippen molar-refractivity contribution in [3.63, 3.8) is 0 Å². The van der Waals surface area contributed by atoms with Gasteiger partial charge in [-0.15, -0.1) is 0 Å². The summed E-state index contributed by atoms with van der Waals surface area (Å²) in [7, 11) is 0. The van der Waals surface area contributed by atoms with Crippen molar-refractivity contribution >= 4 is 18.9 Å². The summed E-state index contributed by atoms with van der Waals surface area (Å²) < 4.78 is 32.4. The summed E-state index contributed by atoms with van der Waals surface area (Å²) in [5.41, 5.74) is 2.51. The first-order chi connectivity index (χ1) is 16.8. The monoisotopic (exact) mass is 496 g/mol. The van der Waals surface area contributed by atoms with E-state index in [0.717, 1.165) is 43.5 Å². The molecule has 0 spiro atoms. The Labute approximate surface area is 201 Å². The van der Waals surface area contributed by atoms with Crippen molar-refractivity contribution in [1.82, 2.24) is 20.4 Å². The number of carbonyl (C=O) groups is 3. The van der Waals surface area contributed by atoms with Crippen molar-refractivity contribution < 1.29 is 38.1 Å². The maximum Gasteiger partial charge on any atom is 0.290 e. The number of likely N-dealkylation sites (tertiary alicyclic amines) is 1. The van der Waals surface area contributed by atoms with Gasteiger partial charge in [0, 0.05) is 37.3 Å². The molecular formula is C23H30F2N4O6. The number of nitrogens with one attached hydrogen (secondary N) is 2. The minimum Gasteiger partial charge on any atom is -0.483 e. The van der Waals surface area contributed by atoms with Crippen molar-refractivity contribution in [2.45, 2.75) is 39.0 Å². The number of aromatic amines is 1. The summed E-state index contributed by atoms with van der Waals surface area (Å²) in [6.07, 6.45) is 1.16. The van der Waals surface area contributed by atoms with Crippen LogP contribution in [-0.4, -0.2) is 70.0 Å². The van der Waals surface area contributed by atoms with E-state index in [1.165, 1.54) is 12.1 Å². The zero-order chi connectivity index (χ0) is 25.8. The molecule has 2 saturated heterocycles. The second-order valence-corrected chi connectivity index (χ2v) is 8.33. The molecule has 10 nitrogen and oxygen atoms in total. The number of hydrogen-bond acceptors (Lipinski definition) is 6. The topological polar surface area (TPSA) is 145 Å². The Balaban J connectivity index is 0.000000655. The molecule has 0 radical (unpaired) electrons. The zero-order valence-electron chi connectivity index (χ0n) is 19.3. The fraction of sp³-hybridized carbons (Fsp3) is 0.478. The molecular weight excluding hydrogens is 466 g/mol. The first kappa shape index (κ1) is 27.9. The molecule has 1 amide bonds. The number of nitrogens with zero attached hydrogens (tertiary/aromatic N) is 2. The van der Waals surface area contributed by atoms with Gasteiger partial charge in [0.15, 0.2) is 0 Å². The Morgan fingerprint density at radius 3 is 2.49 bits per heavy atom. The molecule has 4 rings (SSSR count). The third-order valence-corrected chi connectivity index (χ3v) is 5.82. The van der Waals surface area contributed by atoms with Gasteiger partial charge in [0.2, 0.25) is 5.91 Å². The Kier molecular flexibility index (Phi) is 11.2. The van der Waals surface area contributed by atoms with E-state index in [1.54, 1.807) is 0 Å². The molecule has 2 aromatic rings. The number of halogens is 2. The van der Waals surface area contributed by atoms with Gasteiger partial charge in [0.25, 0.3) is 12.9 Å². The van der Waals surface area contributed by atoms with Crippen LogP contribution in [-0.2, 0) is 32.2 Å². The highest BCUT2D eigenvalue weighted by molar-refractivity contribution is 5.76. The molecule has 2 fully saturated rings. The third-order valence-electron chi connectivity index (χ3n) is 5.82. The third kappa shape index (κ3) is 9.06. The number of aryl methyl sites for hydroxylation is 1. The van der Waals surface area contributed by atoms with Crippen LogP contribution < -0.4 is 5.32 Å². The zero-order valence-corrected chi connectivity index (χ0v) is 19.3. The SMILES string of the molecule is Cc1cc(CN2CC[C@@H]3[C@@H](CO[C@H]3CC(=O)NCc3cc(F)cc(F)c3)C2)n[nH]1.O=CO.O=CO. The largest absolute Gasteiger partial charge is 0.483 e. The van der Waals surface area contributed by atoms with Gasteiger partial charge in [-0.2, -0.15) is 5.10 Å². The summed E-state index contributed by atoms with van der Waals surface area (Å²) >= 11 is 0. The summed E-state index contributed by atoms with van der Waals surface area (Å²) in [6, 6.07) is 5.33. The molecule has 2 aliphatic rings. The van der Waals surface area contributed by atoms with Gasteiger partial charge < -0.3 is 20.3 Å². The fourth-order valence-electron chi connectivity index (χ4n) is 4.47. The van der Waals surface area contributed by atoms with E-state index in [2.05, 4.69) is 26.5 Å². The molecule has 0 aliphatic carbocycles. The standard InChI is InChI=1S/C21H26F2N4O2.2CH2O2/c1-13-4-18(26-25-13)11-27-3-2-19-15(10-27)12-29-20(19)8-21(28)24-9-14-5-16(22)7-17(23)6-14;2*2-1-3/h4-7,15,19-20H,2-3,8-12H2,1H3,(H,24,28)(H,25,26);2*1H,(H,2,3)/t15-,19-,20+;;/m1../s1. The molecule has 3 atom stereocenters. The first-order valence-corrected chi connectivity index (χ1v) is 11.0. The van der Waals surface area contributed by atoms with Crippen molar-refractivity contribution in [3.05, 3.63) is 52.9 Å². The lowest BCUT2D eigenvalue weighted by Gasteiger charge is -2.35. The Bertz CT molecular complexity index is 947. The lowest BCUT2D eigenvalue weighted by Crippen LogP contribution is -2.42. The second kappa shape index (κ2) is 14.1. The number of amides is 1. The Morgan fingerprint density at radius 2 is 1.89 bits per heavy atom. The number of carbonyl (C=O) groups excluding carboxylic acids is 1. The molecule has 0 bridgehead atoms. The van der Waals surface area contributed by atoms with Crippen LogP contribution in [0.3, 0.4) is 0 Å². The maximum absolute atomic E-state index is 13.3. The number of aromatic nitrogens is 2. The smallest absolute Gasteiger partial charge is 0.290 e. The average molecular weight is 497 g/mol. The molecule has 3 heterocycles. The normalized spacial score (nSPS) is 20.9. The van der Waals surface area contributed by atoms with E-state index >= 15 is 0 Å².